The lowest BCUT2D eigenvalue weighted by Gasteiger charge is -2.15. The van der Waals surface area contributed by atoms with Gasteiger partial charge in [0.05, 0.1) is 18.4 Å². The van der Waals surface area contributed by atoms with Gasteiger partial charge in [-0.3, -0.25) is 4.79 Å². The van der Waals surface area contributed by atoms with E-state index in [-0.39, 0.29) is 17.7 Å². The molecule has 0 spiro atoms. The summed E-state index contributed by atoms with van der Waals surface area (Å²) >= 11 is 0. The van der Waals surface area contributed by atoms with Gasteiger partial charge in [-0.1, -0.05) is 6.07 Å². The summed E-state index contributed by atoms with van der Waals surface area (Å²) in [6, 6.07) is 11.9. The van der Waals surface area contributed by atoms with E-state index in [0.29, 0.717) is 28.8 Å². The molecule has 0 bridgehead atoms. The van der Waals surface area contributed by atoms with E-state index in [9.17, 15) is 18.0 Å². The lowest BCUT2D eigenvalue weighted by Crippen LogP contribution is -2.17. The Balaban J connectivity index is 1.60. The van der Waals surface area contributed by atoms with E-state index in [4.69, 9.17) is 4.84 Å². The molecule has 0 saturated heterocycles. The van der Waals surface area contributed by atoms with Crippen molar-refractivity contribution in [3.05, 3.63) is 82.8 Å². The van der Waals surface area contributed by atoms with Crippen molar-refractivity contribution in [2.45, 2.75) is 26.6 Å². The first-order chi connectivity index (χ1) is 18.6. The molecule has 10 nitrogen and oxygen atoms in total. The number of halogens is 3. The molecule has 4 aromatic rings. The first-order valence-electron chi connectivity index (χ1n) is 11.8. The molecule has 2 heterocycles. The smallest absolute Gasteiger partial charge is 0.373 e. The summed E-state index contributed by atoms with van der Waals surface area (Å²) in [5, 5.41) is 13.5. The molecule has 0 atom stereocenters. The second-order valence-electron chi connectivity index (χ2n) is 8.64. The summed E-state index contributed by atoms with van der Waals surface area (Å²) in [6.45, 7) is 3.72. The van der Waals surface area contributed by atoms with Gasteiger partial charge in [-0.25, -0.2) is 9.97 Å². The van der Waals surface area contributed by atoms with Crippen LogP contribution in [0.3, 0.4) is 0 Å². The molecule has 0 aliphatic rings. The number of hydrogen-bond donors (Lipinski definition) is 4. The topological polar surface area (TPSA) is 118 Å². The number of hydrogen-bond acceptors (Lipinski definition) is 8. The van der Waals surface area contributed by atoms with E-state index in [1.165, 1.54) is 19.5 Å². The first-order valence-corrected chi connectivity index (χ1v) is 11.8. The number of carbonyl (C=O) groups is 1. The molecule has 4 N–H and O–H groups in total. The molecule has 2 aromatic heterocycles. The van der Waals surface area contributed by atoms with Gasteiger partial charge in [0.1, 0.15) is 18.0 Å². The number of rotatable bonds is 9. The van der Waals surface area contributed by atoms with Crippen LogP contribution in [-0.2, 0) is 17.6 Å². The number of nitrogens with one attached hydrogen (secondary N) is 4. The van der Waals surface area contributed by atoms with Crippen LogP contribution in [0.4, 0.5) is 36.2 Å². The average molecular weight is 541 g/mol. The number of hydroxylamine groups is 1. The van der Waals surface area contributed by atoms with Crippen molar-refractivity contribution < 1.29 is 22.8 Å². The van der Waals surface area contributed by atoms with Crippen LogP contribution < -0.4 is 21.4 Å². The Hall–Kier alpha value is -4.49. The van der Waals surface area contributed by atoms with Crippen LogP contribution >= 0.6 is 0 Å². The molecule has 39 heavy (non-hydrogen) atoms. The molecule has 204 valence electrons. The molecule has 0 radical (unpaired) electrons. The van der Waals surface area contributed by atoms with Crippen LogP contribution in [-0.4, -0.2) is 39.8 Å². The third-order valence-electron chi connectivity index (χ3n) is 5.72. The zero-order chi connectivity index (χ0) is 28.2. The second kappa shape index (κ2) is 11.5. The van der Waals surface area contributed by atoms with Crippen molar-refractivity contribution in [2.75, 3.05) is 30.1 Å². The molecule has 2 aromatic carbocycles. The molecule has 0 saturated carbocycles. The van der Waals surface area contributed by atoms with Gasteiger partial charge in [-0.05, 0) is 55.3 Å². The van der Waals surface area contributed by atoms with Crippen LogP contribution in [0, 0.1) is 13.8 Å². The Morgan fingerprint density at radius 3 is 2.56 bits per heavy atom. The molecule has 0 aliphatic carbocycles. The minimum absolute atomic E-state index is 0.00541. The Labute approximate surface area is 222 Å². The number of alkyl halides is 3. The summed E-state index contributed by atoms with van der Waals surface area (Å²) in [7, 11) is 3.10. The molecule has 0 fully saturated rings. The first kappa shape index (κ1) is 27.5. The third kappa shape index (κ3) is 6.69. The summed E-state index contributed by atoms with van der Waals surface area (Å²) in [4.78, 5) is 26.1. The lowest BCUT2D eigenvalue weighted by molar-refractivity contribution is -0.137. The average Bonchev–Trinajstić information content (AvgIpc) is 3.28. The fraction of sp³-hybridized carbons (Fsp3) is 0.231. The third-order valence-corrected chi connectivity index (χ3v) is 5.72. The standard InChI is InChI=1S/C26H27F3N8O2/c1-15-5-6-20(34-25(38)18-8-17(13-33-39-4)9-19(10-18)26(27,28)29)11-21(15)35-24-7-16(2)36-37(24)23-12-22(30-3)31-14-32-23/h5-12,14,33,35H,13H2,1-4H3,(H,34,38)(H,30,31,32). The number of anilines is 4. The SMILES string of the molecule is CNc1cc(-n2nc(C)cc2Nc2cc(NC(=O)c3cc(CNOC)cc(C(F)(F)F)c3)ccc2C)ncn1. The van der Waals surface area contributed by atoms with Crippen LogP contribution in [0.1, 0.15) is 32.7 Å². The largest absolute Gasteiger partial charge is 0.416 e. The molecular formula is C26H27F3N8O2. The van der Waals surface area contributed by atoms with Crippen molar-refractivity contribution >= 4 is 28.9 Å². The van der Waals surface area contributed by atoms with Gasteiger partial charge >= 0.3 is 6.18 Å². The summed E-state index contributed by atoms with van der Waals surface area (Å²) in [5.74, 6) is 1.09. The molecule has 1 amide bonds. The zero-order valence-corrected chi connectivity index (χ0v) is 21.6. The highest BCUT2D eigenvalue weighted by molar-refractivity contribution is 6.04. The Morgan fingerprint density at radius 1 is 1.05 bits per heavy atom. The van der Waals surface area contributed by atoms with Gasteiger partial charge in [0.2, 0.25) is 0 Å². The van der Waals surface area contributed by atoms with Crippen molar-refractivity contribution in [2.24, 2.45) is 0 Å². The minimum Gasteiger partial charge on any atom is -0.373 e. The Morgan fingerprint density at radius 2 is 1.85 bits per heavy atom. The van der Waals surface area contributed by atoms with E-state index in [2.05, 4.69) is 36.5 Å². The van der Waals surface area contributed by atoms with E-state index < -0.39 is 17.6 Å². The van der Waals surface area contributed by atoms with Crippen LogP contribution in [0.2, 0.25) is 0 Å². The quantitative estimate of drug-likeness (QED) is 0.220. The van der Waals surface area contributed by atoms with Crippen molar-refractivity contribution in [3.63, 3.8) is 0 Å². The highest BCUT2D eigenvalue weighted by Gasteiger charge is 2.31. The summed E-state index contributed by atoms with van der Waals surface area (Å²) < 4.78 is 42.0. The van der Waals surface area contributed by atoms with Gasteiger partial charge in [0.15, 0.2) is 5.82 Å². The van der Waals surface area contributed by atoms with Gasteiger partial charge in [-0.15, -0.1) is 0 Å². The molecule has 4 rings (SSSR count). The number of benzene rings is 2. The van der Waals surface area contributed by atoms with E-state index in [0.717, 1.165) is 23.4 Å². The van der Waals surface area contributed by atoms with Crippen molar-refractivity contribution in [3.8, 4) is 5.82 Å². The lowest BCUT2D eigenvalue weighted by atomic mass is 10.0. The molecule has 0 unspecified atom stereocenters. The van der Waals surface area contributed by atoms with Gasteiger partial charge in [0, 0.05) is 42.7 Å². The number of aryl methyl sites for hydroxylation is 2. The fourth-order valence-electron chi connectivity index (χ4n) is 3.78. The summed E-state index contributed by atoms with van der Waals surface area (Å²) in [5.41, 5.74) is 4.34. The van der Waals surface area contributed by atoms with Gasteiger partial charge in [0.25, 0.3) is 5.91 Å². The highest BCUT2D eigenvalue weighted by atomic mass is 19.4. The predicted octanol–water partition coefficient (Wildman–Crippen LogP) is 4.99. The van der Waals surface area contributed by atoms with Gasteiger partial charge in [-0.2, -0.15) is 28.4 Å². The molecular weight excluding hydrogens is 513 g/mol. The maximum atomic E-state index is 13.5. The summed E-state index contributed by atoms with van der Waals surface area (Å²) in [6.07, 6.45) is -3.19. The maximum Gasteiger partial charge on any atom is 0.416 e. The van der Waals surface area contributed by atoms with Crippen molar-refractivity contribution in [1.82, 2.24) is 25.2 Å². The van der Waals surface area contributed by atoms with Crippen LogP contribution in [0.15, 0.2) is 54.9 Å². The predicted molar refractivity (Wildman–Crippen MR) is 141 cm³/mol. The van der Waals surface area contributed by atoms with Gasteiger partial charge < -0.3 is 20.8 Å². The Kier molecular flexibility index (Phi) is 8.12. The van der Waals surface area contributed by atoms with E-state index >= 15 is 0 Å². The Bertz CT molecular complexity index is 1490. The van der Waals surface area contributed by atoms with E-state index in [1.807, 2.05) is 19.9 Å². The number of nitrogens with zero attached hydrogens (tertiary/aromatic N) is 4. The fourth-order valence-corrected chi connectivity index (χ4v) is 3.78. The minimum atomic E-state index is -4.61. The van der Waals surface area contributed by atoms with Crippen LogP contribution in [0.5, 0.6) is 0 Å². The highest BCUT2D eigenvalue weighted by Crippen LogP contribution is 2.31. The molecule has 0 aliphatic heterocycles. The number of amides is 1. The van der Waals surface area contributed by atoms with Crippen molar-refractivity contribution in [1.29, 1.82) is 0 Å². The normalized spacial score (nSPS) is 11.4. The van der Waals surface area contributed by atoms with Crippen LogP contribution in [0.25, 0.3) is 5.82 Å². The maximum absolute atomic E-state index is 13.5. The number of carbonyl (C=O) groups excluding carboxylic acids is 1. The number of aromatic nitrogens is 4. The van der Waals surface area contributed by atoms with E-state index in [1.54, 1.807) is 36.0 Å². The second-order valence-corrected chi connectivity index (χ2v) is 8.64. The zero-order valence-electron chi connectivity index (χ0n) is 21.6. The molecule has 13 heteroatoms. The monoisotopic (exact) mass is 540 g/mol.